The van der Waals surface area contributed by atoms with Gasteiger partial charge >= 0.3 is 0 Å². The molecule has 0 atom stereocenters. The lowest BCUT2D eigenvalue weighted by atomic mass is 10.1. The zero-order chi connectivity index (χ0) is 16.8. The standard InChI is InChI=1S/C16H20ClN3O2S/c1-10-3-4-12(9-13(10)22-8-6-18)16(21)19-7-5-14-20-11(2)15(17)23-14/h3-4,9H,5-8,18H2,1-2H3,(H,19,21). The number of nitrogens with one attached hydrogen (secondary N) is 1. The van der Waals surface area contributed by atoms with Crippen molar-refractivity contribution in [1.29, 1.82) is 0 Å². The van der Waals surface area contributed by atoms with Crippen LogP contribution in [0.3, 0.4) is 0 Å². The number of carbonyl (C=O) groups excluding carboxylic acids is 1. The van der Waals surface area contributed by atoms with Gasteiger partial charge in [0.15, 0.2) is 0 Å². The van der Waals surface area contributed by atoms with Crippen LogP contribution in [0, 0.1) is 13.8 Å². The predicted molar refractivity (Wildman–Crippen MR) is 93.6 cm³/mol. The van der Waals surface area contributed by atoms with Gasteiger partial charge in [-0.05, 0) is 31.5 Å². The van der Waals surface area contributed by atoms with Crippen LogP contribution in [0.5, 0.6) is 5.75 Å². The summed E-state index contributed by atoms with van der Waals surface area (Å²) in [6.07, 6.45) is 0.659. The molecule has 2 aromatic rings. The number of ether oxygens (including phenoxy) is 1. The van der Waals surface area contributed by atoms with Crippen LogP contribution in [-0.4, -0.2) is 30.6 Å². The molecule has 0 unspecified atom stereocenters. The molecular formula is C16H20ClN3O2S. The van der Waals surface area contributed by atoms with Crippen molar-refractivity contribution in [3.8, 4) is 5.75 Å². The van der Waals surface area contributed by atoms with Gasteiger partial charge in [-0.25, -0.2) is 4.98 Å². The molecule has 0 saturated carbocycles. The number of carbonyl (C=O) groups is 1. The second-order valence-electron chi connectivity index (χ2n) is 5.09. The first-order valence-electron chi connectivity index (χ1n) is 7.34. The van der Waals surface area contributed by atoms with E-state index in [0.717, 1.165) is 16.3 Å². The fourth-order valence-corrected chi connectivity index (χ4v) is 3.09. The fourth-order valence-electron chi connectivity index (χ4n) is 1.99. The van der Waals surface area contributed by atoms with Crippen molar-refractivity contribution >= 4 is 28.8 Å². The van der Waals surface area contributed by atoms with Gasteiger partial charge in [-0.1, -0.05) is 17.7 Å². The Kier molecular flexibility index (Phi) is 6.38. The van der Waals surface area contributed by atoms with E-state index in [2.05, 4.69) is 10.3 Å². The molecule has 0 aliphatic heterocycles. The molecule has 1 heterocycles. The van der Waals surface area contributed by atoms with E-state index in [-0.39, 0.29) is 5.91 Å². The third-order valence-corrected chi connectivity index (χ3v) is 4.75. The van der Waals surface area contributed by atoms with Crippen molar-refractivity contribution < 1.29 is 9.53 Å². The summed E-state index contributed by atoms with van der Waals surface area (Å²) in [4.78, 5) is 16.6. The first-order valence-corrected chi connectivity index (χ1v) is 8.54. The number of aryl methyl sites for hydroxylation is 2. The number of hydrogen-bond donors (Lipinski definition) is 2. The largest absolute Gasteiger partial charge is 0.492 e. The first kappa shape index (κ1) is 17.7. The van der Waals surface area contributed by atoms with E-state index in [1.165, 1.54) is 11.3 Å². The maximum atomic E-state index is 12.2. The summed E-state index contributed by atoms with van der Waals surface area (Å²) in [6.45, 7) is 5.18. The number of amides is 1. The normalized spacial score (nSPS) is 10.6. The molecule has 0 aliphatic carbocycles. The number of nitrogens with two attached hydrogens (primary N) is 1. The van der Waals surface area contributed by atoms with E-state index in [0.29, 0.717) is 41.8 Å². The Bertz CT molecular complexity index is 668. The van der Waals surface area contributed by atoms with E-state index >= 15 is 0 Å². The molecule has 0 radical (unpaired) electrons. The van der Waals surface area contributed by atoms with Gasteiger partial charge in [0.25, 0.3) is 5.91 Å². The van der Waals surface area contributed by atoms with Gasteiger partial charge in [0, 0.05) is 25.1 Å². The molecule has 7 heteroatoms. The summed E-state index contributed by atoms with van der Waals surface area (Å²) in [5, 5.41) is 3.80. The van der Waals surface area contributed by atoms with Crippen LogP contribution < -0.4 is 15.8 Å². The number of nitrogens with zero attached hydrogens (tertiary/aromatic N) is 1. The Morgan fingerprint density at radius 2 is 2.22 bits per heavy atom. The highest BCUT2D eigenvalue weighted by Crippen LogP contribution is 2.23. The summed E-state index contributed by atoms with van der Waals surface area (Å²) >= 11 is 7.43. The first-order chi connectivity index (χ1) is 11.0. The van der Waals surface area contributed by atoms with Crippen molar-refractivity contribution in [3.05, 3.63) is 44.4 Å². The summed E-state index contributed by atoms with van der Waals surface area (Å²) in [7, 11) is 0. The van der Waals surface area contributed by atoms with Crippen molar-refractivity contribution in [3.63, 3.8) is 0 Å². The lowest BCUT2D eigenvalue weighted by Gasteiger charge is -2.10. The van der Waals surface area contributed by atoms with Crippen LogP contribution in [0.4, 0.5) is 0 Å². The summed E-state index contributed by atoms with van der Waals surface area (Å²) in [5.41, 5.74) is 7.81. The van der Waals surface area contributed by atoms with Crippen LogP contribution in [0.1, 0.15) is 26.6 Å². The Morgan fingerprint density at radius 3 is 2.87 bits per heavy atom. The molecule has 2 rings (SSSR count). The molecule has 0 saturated heterocycles. The van der Waals surface area contributed by atoms with Gasteiger partial charge in [0.2, 0.25) is 0 Å². The molecule has 1 aromatic heterocycles. The second kappa shape index (κ2) is 8.29. The Hall–Kier alpha value is -1.63. The van der Waals surface area contributed by atoms with Crippen LogP contribution >= 0.6 is 22.9 Å². The van der Waals surface area contributed by atoms with E-state index in [4.69, 9.17) is 22.1 Å². The number of benzene rings is 1. The quantitative estimate of drug-likeness (QED) is 0.802. The highest BCUT2D eigenvalue weighted by atomic mass is 35.5. The van der Waals surface area contributed by atoms with Crippen molar-refractivity contribution in [2.45, 2.75) is 20.3 Å². The van der Waals surface area contributed by atoms with E-state index in [9.17, 15) is 4.79 Å². The third kappa shape index (κ3) is 4.92. The highest BCUT2D eigenvalue weighted by Gasteiger charge is 2.10. The number of halogens is 1. The van der Waals surface area contributed by atoms with Crippen LogP contribution in [0.25, 0.3) is 0 Å². The van der Waals surface area contributed by atoms with Crippen molar-refractivity contribution in [2.24, 2.45) is 5.73 Å². The monoisotopic (exact) mass is 353 g/mol. The summed E-state index contributed by atoms with van der Waals surface area (Å²) in [6, 6.07) is 5.39. The average molecular weight is 354 g/mol. The van der Waals surface area contributed by atoms with E-state index < -0.39 is 0 Å². The predicted octanol–water partition coefficient (Wildman–Crippen LogP) is 2.72. The summed E-state index contributed by atoms with van der Waals surface area (Å²) in [5.74, 6) is 0.549. The third-order valence-electron chi connectivity index (χ3n) is 3.23. The molecule has 1 amide bonds. The molecular weight excluding hydrogens is 334 g/mol. The van der Waals surface area contributed by atoms with E-state index in [1.54, 1.807) is 12.1 Å². The Labute approximate surface area is 144 Å². The minimum Gasteiger partial charge on any atom is -0.492 e. The van der Waals surface area contributed by atoms with Crippen molar-refractivity contribution in [2.75, 3.05) is 19.7 Å². The Morgan fingerprint density at radius 1 is 1.43 bits per heavy atom. The average Bonchev–Trinajstić information content (AvgIpc) is 2.84. The minimum atomic E-state index is -0.137. The van der Waals surface area contributed by atoms with Crippen LogP contribution in [-0.2, 0) is 6.42 Å². The number of rotatable bonds is 7. The molecule has 23 heavy (non-hydrogen) atoms. The van der Waals surface area contributed by atoms with E-state index in [1.807, 2.05) is 19.9 Å². The zero-order valence-electron chi connectivity index (χ0n) is 13.2. The van der Waals surface area contributed by atoms with Gasteiger partial charge in [-0.3, -0.25) is 4.79 Å². The van der Waals surface area contributed by atoms with Gasteiger partial charge in [-0.15, -0.1) is 11.3 Å². The molecule has 3 N–H and O–H groups in total. The molecule has 124 valence electrons. The zero-order valence-corrected chi connectivity index (χ0v) is 14.8. The number of aromatic nitrogens is 1. The van der Waals surface area contributed by atoms with Gasteiger partial charge < -0.3 is 15.8 Å². The second-order valence-corrected chi connectivity index (χ2v) is 6.78. The Balaban J connectivity index is 1.92. The molecule has 0 fully saturated rings. The molecule has 0 spiro atoms. The SMILES string of the molecule is Cc1ccc(C(=O)NCCc2nc(C)c(Cl)s2)cc1OCCN. The minimum absolute atomic E-state index is 0.137. The van der Waals surface area contributed by atoms with Gasteiger partial charge in [-0.2, -0.15) is 0 Å². The topological polar surface area (TPSA) is 77.2 Å². The van der Waals surface area contributed by atoms with Gasteiger partial charge in [0.1, 0.15) is 16.7 Å². The lowest BCUT2D eigenvalue weighted by molar-refractivity contribution is 0.0953. The van der Waals surface area contributed by atoms with Crippen LogP contribution in [0.2, 0.25) is 4.34 Å². The maximum absolute atomic E-state index is 12.2. The molecule has 0 aliphatic rings. The number of hydrogen-bond acceptors (Lipinski definition) is 5. The molecule has 1 aromatic carbocycles. The summed E-state index contributed by atoms with van der Waals surface area (Å²) < 4.78 is 6.24. The number of thiazole rings is 1. The van der Waals surface area contributed by atoms with Crippen molar-refractivity contribution in [1.82, 2.24) is 10.3 Å². The smallest absolute Gasteiger partial charge is 0.251 e. The fraction of sp³-hybridized carbons (Fsp3) is 0.375. The molecule has 5 nitrogen and oxygen atoms in total. The highest BCUT2D eigenvalue weighted by molar-refractivity contribution is 7.16. The maximum Gasteiger partial charge on any atom is 0.251 e. The molecule has 0 bridgehead atoms. The van der Waals surface area contributed by atoms with Crippen LogP contribution in [0.15, 0.2) is 18.2 Å². The lowest BCUT2D eigenvalue weighted by Crippen LogP contribution is -2.25. The van der Waals surface area contributed by atoms with Gasteiger partial charge in [0.05, 0.1) is 10.7 Å².